The third-order valence-corrected chi connectivity index (χ3v) is 4.23. The first kappa shape index (κ1) is 17.3. The molecule has 25 heavy (non-hydrogen) atoms. The van der Waals surface area contributed by atoms with Gasteiger partial charge in [0.05, 0.1) is 12.2 Å². The van der Waals surface area contributed by atoms with Crippen LogP contribution in [-0.4, -0.2) is 29.4 Å². The van der Waals surface area contributed by atoms with Gasteiger partial charge < -0.3 is 14.5 Å². The third-order valence-electron chi connectivity index (χ3n) is 3.99. The Kier molecular flexibility index (Phi) is 4.69. The van der Waals surface area contributed by atoms with Gasteiger partial charge in [0.15, 0.2) is 0 Å². The van der Waals surface area contributed by atoms with E-state index in [2.05, 4.69) is 5.32 Å². The number of nitrogens with one attached hydrogen (secondary N) is 1. The molecular weight excluding hydrogens is 346 g/mol. The Morgan fingerprint density at radius 3 is 2.68 bits per heavy atom. The molecule has 3 rings (SSSR count). The van der Waals surface area contributed by atoms with Crippen molar-refractivity contribution in [2.75, 3.05) is 25.6 Å². The van der Waals surface area contributed by atoms with E-state index >= 15 is 0 Å². The van der Waals surface area contributed by atoms with Crippen LogP contribution in [0.15, 0.2) is 38.3 Å². The normalized spacial score (nSPS) is 11.2. The summed E-state index contributed by atoms with van der Waals surface area (Å²) in [6.45, 7) is 0.946. The molecule has 1 aromatic carbocycles. The molecule has 0 amide bonds. The Morgan fingerprint density at radius 2 is 2.00 bits per heavy atom. The fourth-order valence-electron chi connectivity index (χ4n) is 2.73. The zero-order valence-electron chi connectivity index (χ0n) is 14.1. The van der Waals surface area contributed by atoms with E-state index in [4.69, 9.17) is 20.8 Å². The van der Waals surface area contributed by atoms with E-state index < -0.39 is 11.2 Å². The number of nitrogens with zero attached hydrogens (tertiary/aromatic N) is 2. The second-order valence-electron chi connectivity index (χ2n) is 5.62. The molecule has 132 valence electrons. The number of aryl methyl sites for hydroxylation is 1. The van der Waals surface area contributed by atoms with Crippen molar-refractivity contribution in [3.05, 3.63) is 50.1 Å². The molecule has 0 aliphatic heterocycles. The first-order valence-corrected chi connectivity index (χ1v) is 8.04. The lowest BCUT2D eigenvalue weighted by Gasteiger charge is -2.06. The number of benzene rings is 1. The van der Waals surface area contributed by atoms with Crippen LogP contribution in [0.2, 0.25) is 5.02 Å². The van der Waals surface area contributed by atoms with Gasteiger partial charge in [0.2, 0.25) is 11.6 Å². The fraction of sp³-hybridized carbons (Fsp3) is 0.294. The van der Waals surface area contributed by atoms with Gasteiger partial charge in [-0.2, -0.15) is 0 Å². The predicted octanol–water partition coefficient (Wildman–Crippen LogP) is 2.21. The first-order valence-electron chi connectivity index (χ1n) is 7.67. The maximum atomic E-state index is 12.7. The molecule has 0 spiro atoms. The van der Waals surface area contributed by atoms with Gasteiger partial charge in [0.25, 0.3) is 5.56 Å². The van der Waals surface area contributed by atoms with Crippen molar-refractivity contribution < 1.29 is 9.15 Å². The average Bonchev–Trinajstić information content (AvgIpc) is 2.98. The summed E-state index contributed by atoms with van der Waals surface area (Å²) in [5.41, 5.74) is 0.638. The van der Waals surface area contributed by atoms with Crippen molar-refractivity contribution in [3.8, 4) is 11.1 Å². The van der Waals surface area contributed by atoms with Crippen LogP contribution in [0.1, 0.15) is 0 Å². The molecule has 0 unspecified atom stereocenters. The standard InChI is InChI=1S/C17H18ClN3O4/c1-20-15(22)13-12(10-5-4-6-11(18)9-10)14(19-7-8-24-3)25-16(13)21(2)17(20)23/h4-6,9,19H,7-8H2,1-3H3. The lowest BCUT2D eigenvalue weighted by atomic mass is 10.1. The Hall–Kier alpha value is -2.51. The van der Waals surface area contributed by atoms with Crippen LogP contribution < -0.4 is 16.6 Å². The Bertz CT molecular complexity index is 1050. The molecule has 3 aromatic rings. The van der Waals surface area contributed by atoms with Crippen molar-refractivity contribution in [1.29, 1.82) is 0 Å². The molecule has 2 aromatic heterocycles. The minimum Gasteiger partial charge on any atom is -0.423 e. The number of ether oxygens (including phenoxy) is 1. The number of hydrogen-bond donors (Lipinski definition) is 1. The summed E-state index contributed by atoms with van der Waals surface area (Å²) >= 11 is 6.11. The summed E-state index contributed by atoms with van der Waals surface area (Å²) in [4.78, 5) is 24.9. The fourth-order valence-corrected chi connectivity index (χ4v) is 2.92. The highest BCUT2D eigenvalue weighted by atomic mass is 35.5. The van der Waals surface area contributed by atoms with Gasteiger partial charge in [0.1, 0.15) is 5.39 Å². The molecule has 0 radical (unpaired) electrons. The van der Waals surface area contributed by atoms with Crippen LogP contribution in [0.4, 0.5) is 5.88 Å². The lowest BCUT2D eigenvalue weighted by Crippen LogP contribution is -2.36. The van der Waals surface area contributed by atoms with Gasteiger partial charge in [-0.15, -0.1) is 0 Å². The highest BCUT2D eigenvalue weighted by Crippen LogP contribution is 2.37. The minimum atomic E-state index is -0.452. The third kappa shape index (κ3) is 2.96. The Labute approximate surface area is 148 Å². The van der Waals surface area contributed by atoms with Gasteiger partial charge in [-0.05, 0) is 17.7 Å². The predicted molar refractivity (Wildman–Crippen MR) is 97.5 cm³/mol. The monoisotopic (exact) mass is 363 g/mol. The number of aromatic nitrogens is 2. The van der Waals surface area contributed by atoms with E-state index in [1.807, 2.05) is 6.07 Å². The molecule has 0 saturated heterocycles. The Balaban J connectivity index is 2.36. The highest BCUT2D eigenvalue weighted by Gasteiger charge is 2.23. The maximum absolute atomic E-state index is 12.7. The van der Waals surface area contributed by atoms with E-state index in [9.17, 15) is 9.59 Å². The summed E-state index contributed by atoms with van der Waals surface area (Å²) in [6, 6.07) is 7.13. The van der Waals surface area contributed by atoms with Gasteiger partial charge in [0, 0.05) is 32.8 Å². The molecule has 0 saturated carbocycles. The Morgan fingerprint density at radius 1 is 1.24 bits per heavy atom. The van der Waals surface area contributed by atoms with E-state index in [1.165, 1.54) is 11.6 Å². The molecule has 0 aliphatic rings. The first-order chi connectivity index (χ1) is 12.0. The maximum Gasteiger partial charge on any atom is 0.333 e. The summed E-state index contributed by atoms with van der Waals surface area (Å²) in [6.07, 6.45) is 0. The van der Waals surface area contributed by atoms with Crippen LogP contribution in [0.5, 0.6) is 0 Å². The van der Waals surface area contributed by atoms with E-state index in [1.54, 1.807) is 32.4 Å². The number of rotatable bonds is 5. The van der Waals surface area contributed by atoms with E-state index in [0.717, 1.165) is 10.1 Å². The number of anilines is 1. The van der Waals surface area contributed by atoms with Gasteiger partial charge in [-0.3, -0.25) is 13.9 Å². The van der Waals surface area contributed by atoms with Crippen molar-refractivity contribution in [2.24, 2.45) is 14.1 Å². The second-order valence-corrected chi connectivity index (χ2v) is 6.06. The number of furan rings is 1. The average molecular weight is 364 g/mol. The number of hydrogen-bond acceptors (Lipinski definition) is 5. The summed E-state index contributed by atoms with van der Waals surface area (Å²) in [5, 5.41) is 3.98. The number of fused-ring (bicyclic) bond motifs is 1. The lowest BCUT2D eigenvalue weighted by molar-refractivity contribution is 0.210. The van der Waals surface area contributed by atoms with Crippen LogP contribution >= 0.6 is 11.6 Å². The van der Waals surface area contributed by atoms with Crippen LogP contribution in [0.3, 0.4) is 0 Å². The van der Waals surface area contributed by atoms with E-state index in [0.29, 0.717) is 35.0 Å². The van der Waals surface area contributed by atoms with Crippen molar-refractivity contribution in [3.63, 3.8) is 0 Å². The highest BCUT2D eigenvalue weighted by molar-refractivity contribution is 6.31. The molecular formula is C17H18ClN3O4. The van der Waals surface area contributed by atoms with Gasteiger partial charge in [-0.1, -0.05) is 23.7 Å². The minimum absolute atomic E-state index is 0.211. The molecule has 0 fully saturated rings. The summed E-state index contributed by atoms with van der Waals surface area (Å²) in [7, 11) is 4.60. The quantitative estimate of drug-likeness (QED) is 0.703. The zero-order valence-corrected chi connectivity index (χ0v) is 14.9. The molecule has 0 atom stereocenters. The molecule has 2 heterocycles. The van der Waals surface area contributed by atoms with Crippen molar-refractivity contribution >= 4 is 28.6 Å². The van der Waals surface area contributed by atoms with Crippen LogP contribution in [0, 0.1) is 0 Å². The van der Waals surface area contributed by atoms with Gasteiger partial charge in [-0.25, -0.2) is 4.79 Å². The SMILES string of the molecule is COCCNc1oc2c(c1-c1cccc(Cl)c1)c(=O)n(C)c(=O)n2C. The van der Waals surface area contributed by atoms with E-state index in [-0.39, 0.29) is 5.71 Å². The van der Waals surface area contributed by atoms with Crippen LogP contribution in [-0.2, 0) is 18.8 Å². The number of halogens is 1. The van der Waals surface area contributed by atoms with Crippen molar-refractivity contribution in [1.82, 2.24) is 9.13 Å². The molecule has 8 heteroatoms. The molecule has 7 nitrogen and oxygen atoms in total. The van der Waals surface area contributed by atoms with Gasteiger partial charge >= 0.3 is 5.69 Å². The smallest absolute Gasteiger partial charge is 0.333 e. The second kappa shape index (κ2) is 6.78. The molecule has 0 aliphatic carbocycles. The van der Waals surface area contributed by atoms with Crippen molar-refractivity contribution in [2.45, 2.75) is 0 Å². The largest absolute Gasteiger partial charge is 0.423 e. The molecule has 0 bridgehead atoms. The zero-order chi connectivity index (χ0) is 18.1. The topological polar surface area (TPSA) is 78.4 Å². The molecule has 1 N–H and O–H groups in total. The van der Waals surface area contributed by atoms with Crippen LogP contribution in [0.25, 0.3) is 22.2 Å². The number of methoxy groups -OCH3 is 1. The summed E-state index contributed by atoms with van der Waals surface area (Å²) in [5.74, 6) is 0.396. The summed E-state index contributed by atoms with van der Waals surface area (Å²) < 4.78 is 13.2.